The number of amides is 1. The normalized spacial score (nSPS) is 24.3. The van der Waals surface area contributed by atoms with Crippen molar-refractivity contribution in [3.8, 4) is 0 Å². The number of nitrogens with zero attached hydrogens (tertiary/aromatic N) is 1. The number of hydrogen-bond donors (Lipinski definition) is 2. The molecule has 0 spiro atoms. The maximum Gasteiger partial charge on any atom is 0.239 e. The van der Waals surface area contributed by atoms with E-state index < -0.39 is 0 Å². The largest absolute Gasteiger partial charge is 0.465 e. The molecule has 2 unspecified atom stereocenters. The van der Waals surface area contributed by atoms with Crippen molar-refractivity contribution in [1.29, 1.82) is 0 Å². The number of ether oxygens (including phenoxy) is 2. The number of hydrogen-bond acceptors (Lipinski definition) is 6. The van der Waals surface area contributed by atoms with Crippen molar-refractivity contribution >= 4 is 5.91 Å². The summed E-state index contributed by atoms with van der Waals surface area (Å²) in [7, 11) is 0. The molecule has 7 heteroatoms. The second kappa shape index (κ2) is 7.92. The minimum absolute atomic E-state index is 0.0220. The first kappa shape index (κ1) is 16.4. The van der Waals surface area contributed by atoms with Crippen LogP contribution in [-0.2, 0) is 14.3 Å². The van der Waals surface area contributed by atoms with Crippen LogP contribution in [0, 0.1) is 6.92 Å². The third-order valence-corrected chi connectivity index (χ3v) is 4.28. The Hall–Kier alpha value is -1.41. The summed E-state index contributed by atoms with van der Waals surface area (Å²) in [4.78, 5) is 14.6. The first-order valence-corrected chi connectivity index (χ1v) is 8.21. The Bertz CT molecular complexity index is 507. The molecule has 23 heavy (non-hydrogen) atoms. The topological polar surface area (TPSA) is 76.0 Å². The first-order valence-electron chi connectivity index (χ1n) is 8.21. The maximum atomic E-state index is 12.3. The zero-order valence-corrected chi connectivity index (χ0v) is 13.5. The molecule has 1 amide bonds. The Kier molecular flexibility index (Phi) is 5.66. The molecule has 0 saturated carbocycles. The van der Waals surface area contributed by atoms with E-state index in [4.69, 9.17) is 13.9 Å². The molecule has 2 atom stereocenters. The summed E-state index contributed by atoms with van der Waals surface area (Å²) in [5.74, 6) is 1.75. The van der Waals surface area contributed by atoms with Crippen molar-refractivity contribution in [2.75, 3.05) is 52.6 Å². The predicted octanol–water partition coefficient (Wildman–Crippen LogP) is 0.0659. The van der Waals surface area contributed by atoms with Crippen LogP contribution in [0.15, 0.2) is 16.5 Å². The lowest BCUT2D eigenvalue weighted by atomic mass is 10.1. The molecule has 2 N–H and O–H groups in total. The molecule has 7 nitrogen and oxygen atoms in total. The summed E-state index contributed by atoms with van der Waals surface area (Å²) >= 11 is 0. The highest BCUT2D eigenvalue weighted by Gasteiger charge is 2.27. The molecule has 0 aromatic carbocycles. The maximum absolute atomic E-state index is 12.3. The number of nitrogens with one attached hydrogen (secondary N) is 2. The number of aryl methyl sites for hydroxylation is 1. The second-order valence-corrected chi connectivity index (χ2v) is 5.94. The van der Waals surface area contributed by atoms with Crippen LogP contribution in [0.2, 0.25) is 0 Å². The second-order valence-electron chi connectivity index (χ2n) is 5.94. The van der Waals surface area contributed by atoms with E-state index in [1.807, 2.05) is 19.1 Å². The van der Waals surface area contributed by atoms with E-state index in [2.05, 4.69) is 15.5 Å². The lowest BCUT2D eigenvalue weighted by Crippen LogP contribution is -2.53. The molecule has 128 valence electrons. The van der Waals surface area contributed by atoms with E-state index >= 15 is 0 Å². The highest BCUT2D eigenvalue weighted by atomic mass is 16.5. The van der Waals surface area contributed by atoms with Crippen LogP contribution in [0.25, 0.3) is 0 Å². The Morgan fingerprint density at radius 1 is 1.35 bits per heavy atom. The van der Waals surface area contributed by atoms with Gasteiger partial charge < -0.3 is 24.5 Å². The smallest absolute Gasteiger partial charge is 0.239 e. The predicted molar refractivity (Wildman–Crippen MR) is 84.2 cm³/mol. The fourth-order valence-corrected chi connectivity index (χ4v) is 2.99. The van der Waals surface area contributed by atoms with Crippen molar-refractivity contribution in [1.82, 2.24) is 15.5 Å². The molecule has 3 heterocycles. The van der Waals surface area contributed by atoms with Crippen LogP contribution in [0.5, 0.6) is 0 Å². The highest BCUT2D eigenvalue weighted by molar-refractivity contribution is 5.82. The fourth-order valence-electron chi connectivity index (χ4n) is 2.99. The summed E-state index contributed by atoms with van der Waals surface area (Å²) in [6.07, 6.45) is 0. The van der Waals surface area contributed by atoms with Gasteiger partial charge in [-0.1, -0.05) is 0 Å². The van der Waals surface area contributed by atoms with E-state index in [-0.39, 0.29) is 18.0 Å². The molecule has 2 saturated heterocycles. The van der Waals surface area contributed by atoms with Crippen LogP contribution in [0.4, 0.5) is 0 Å². The van der Waals surface area contributed by atoms with Crippen LogP contribution < -0.4 is 10.6 Å². The summed E-state index contributed by atoms with van der Waals surface area (Å²) < 4.78 is 16.6. The zero-order chi connectivity index (χ0) is 16.1. The van der Waals surface area contributed by atoms with Crippen molar-refractivity contribution in [2.45, 2.75) is 19.0 Å². The summed E-state index contributed by atoms with van der Waals surface area (Å²) in [6, 6.07) is 3.71. The molecule has 1 aromatic heterocycles. The van der Waals surface area contributed by atoms with Crippen LogP contribution in [-0.4, -0.2) is 69.5 Å². The van der Waals surface area contributed by atoms with Crippen LogP contribution in [0.3, 0.4) is 0 Å². The molecule has 0 aliphatic carbocycles. The molecule has 1 aromatic rings. The van der Waals surface area contributed by atoms with Gasteiger partial charge in [0.25, 0.3) is 0 Å². The lowest BCUT2D eigenvalue weighted by Gasteiger charge is -2.34. The third-order valence-electron chi connectivity index (χ3n) is 4.28. The van der Waals surface area contributed by atoms with Crippen LogP contribution in [0.1, 0.15) is 17.6 Å². The third kappa shape index (κ3) is 4.32. The molecule has 2 fully saturated rings. The van der Waals surface area contributed by atoms with Gasteiger partial charge in [-0.3, -0.25) is 9.69 Å². The average molecular weight is 323 g/mol. The standard InChI is InChI=1S/C16H25N3O4/c1-12-2-3-15(23-12)14(19-5-8-21-9-6-19)10-18-16(20)13-11-22-7-4-17-13/h2-3,13-14,17H,4-11H2,1H3,(H,18,20). The monoisotopic (exact) mass is 323 g/mol. The van der Waals surface area contributed by atoms with E-state index in [1.54, 1.807) is 0 Å². The van der Waals surface area contributed by atoms with E-state index in [0.717, 1.165) is 24.6 Å². The van der Waals surface area contributed by atoms with Gasteiger partial charge in [-0.05, 0) is 19.1 Å². The van der Waals surface area contributed by atoms with Crippen LogP contribution >= 0.6 is 0 Å². The summed E-state index contributed by atoms with van der Waals surface area (Å²) in [5.41, 5.74) is 0. The molecule has 0 radical (unpaired) electrons. The number of furan rings is 1. The Morgan fingerprint density at radius 2 is 2.17 bits per heavy atom. The minimum atomic E-state index is -0.271. The molecular formula is C16H25N3O4. The van der Waals surface area contributed by atoms with Gasteiger partial charge in [-0.25, -0.2) is 0 Å². The highest BCUT2D eigenvalue weighted by Crippen LogP contribution is 2.23. The van der Waals surface area contributed by atoms with Gasteiger partial charge in [0.1, 0.15) is 17.6 Å². The Morgan fingerprint density at radius 3 is 2.83 bits per heavy atom. The Balaban J connectivity index is 1.62. The van der Waals surface area contributed by atoms with E-state index in [1.165, 1.54) is 0 Å². The Labute approximate surface area is 136 Å². The number of rotatable bonds is 5. The fraction of sp³-hybridized carbons (Fsp3) is 0.688. The molecule has 2 aliphatic rings. The van der Waals surface area contributed by atoms with Crippen molar-refractivity contribution in [3.63, 3.8) is 0 Å². The van der Waals surface area contributed by atoms with Gasteiger partial charge in [0.2, 0.25) is 5.91 Å². The summed E-state index contributed by atoms with van der Waals surface area (Å²) in [5, 5.41) is 6.21. The van der Waals surface area contributed by atoms with Gasteiger partial charge in [0.15, 0.2) is 0 Å². The zero-order valence-electron chi connectivity index (χ0n) is 13.5. The number of morpholine rings is 2. The average Bonchev–Trinajstić information content (AvgIpc) is 3.03. The number of carbonyl (C=O) groups excluding carboxylic acids is 1. The van der Waals surface area contributed by atoms with Crippen molar-refractivity contribution in [3.05, 3.63) is 23.7 Å². The summed E-state index contributed by atoms with van der Waals surface area (Å²) in [6.45, 7) is 7.34. The molecule has 2 aliphatic heterocycles. The molecule has 3 rings (SSSR count). The lowest BCUT2D eigenvalue weighted by molar-refractivity contribution is -0.126. The SMILES string of the molecule is Cc1ccc(C(CNC(=O)C2COCCN2)N2CCOCC2)o1. The van der Waals surface area contributed by atoms with E-state index in [0.29, 0.717) is 39.5 Å². The van der Waals surface area contributed by atoms with Gasteiger partial charge >= 0.3 is 0 Å². The minimum Gasteiger partial charge on any atom is -0.465 e. The van der Waals surface area contributed by atoms with Gasteiger partial charge in [0.05, 0.1) is 32.5 Å². The number of carbonyl (C=O) groups is 1. The van der Waals surface area contributed by atoms with Gasteiger partial charge in [-0.2, -0.15) is 0 Å². The van der Waals surface area contributed by atoms with Gasteiger partial charge in [0, 0.05) is 26.2 Å². The van der Waals surface area contributed by atoms with Crippen molar-refractivity contribution in [2.24, 2.45) is 0 Å². The van der Waals surface area contributed by atoms with Gasteiger partial charge in [-0.15, -0.1) is 0 Å². The molecular weight excluding hydrogens is 298 g/mol. The first-order chi connectivity index (χ1) is 11.2. The quantitative estimate of drug-likeness (QED) is 0.798. The van der Waals surface area contributed by atoms with E-state index in [9.17, 15) is 4.79 Å². The molecule has 0 bridgehead atoms. The van der Waals surface area contributed by atoms with Crippen molar-refractivity contribution < 1.29 is 18.7 Å².